The molecule has 2 fully saturated rings. The smallest absolute Gasteiger partial charge is 0.410 e. The van der Waals surface area contributed by atoms with Crippen molar-refractivity contribution in [2.45, 2.75) is 44.1 Å². The number of benzene rings is 1. The predicted octanol–water partition coefficient (Wildman–Crippen LogP) is 1.51. The van der Waals surface area contributed by atoms with Crippen LogP contribution in [0.2, 0.25) is 0 Å². The Kier molecular flexibility index (Phi) is 8.10. The average Bonchev–Trinajstić information content (AvgIpc) is 2.78. The van der Waals surface area contributed by atoms with Crippen molar-refractivity contribution in [2.75, 3.05) is 45.8 Å². The monoisotopic (exact) mass is 439 g/mol. The third-order valence-electron chi connectivity index (χ3n) is 5.89. The summed E-state index contributed by atoms with van der Waals surface area (Å²) in [7, 11) is -3.48. The van der Waals surface area contributed by atoms with E-state index in [4.69, 9.17) is 4.74 Å². The SMILES string of the molecule is CC[C@@H](O)CN1CCN(S(=O)(=O)[C@H]2CCCN(C(=O)OCc3ccccc3)C2)CC1. The number of sulfonamides is 1. The summed E-state index contributed by atoms with van der Waals surface area (Å²) in [5.74, 6) is 0. The van der Waals surface area contributed by atoms with Crippen LogP contribution in [0, 0.1) is 0 Å². The quantitative estimate of drug-likeness (QED) is 0.693. The highest BCUT2D eigenvalue weighted by Gasteiger charge is 2.38. The van der Waals surface area contributed by atoms with E-state index in [1.54, 1.807) is 4.31 Å². The molecule has 1 N–H and O–H groups in total. The van der Waals surface area contributed by atoms with Gasteiger partial charge >= 0.3 is 6.09 Å². The maximum atomic E-state index is 13.2. The van der Waals surface area contributed by atoms with Gasteiger partial charge in [-0.15, -0.1) is 0 Å². The standard InChI is InChI=1S/C21H33N3O5S/c1-2-19(25)15-22-11-13-24(14-12-22)30(27,28)20-9-6-10-23(16-20)21(26)29-17-18-7-4-3-5-8-18/h3-5,7-8,19-20,25H,2,6,9-17H2,1H3/t19-,20+/m1/s1. The number of piperidine rings is 1. The molecule has 1 aromatic rings. The van der Waals surface area contributed by atoms with Crippen molar-refractivity contribution < 1.29 is 23.1 Å². The number of hydrogen-bond donors (Lipinski definition) is 1. The number of nitrogens with zero attached hydrogens (tertiary/aromatic N) is 3. The van der Waals surface area contributed by atoms with Crippen LogP contribution in [-0.2, 0) is 21.4 Å². The van der Waals surface area contributed by atoms with Crippen molar-refractivity contribution in [1.82, 2.24) is 14.1 Å². The Hall–Kier alpha value is -1.68. The first kappa shape index (κ1) is 23.0. The first-order chi connectivity index (χ1) is 14.4. The second kappa shape index (κ2) is 10.6. The molecule has 0 radical (unpaired) electrons. The van der Waals surface area contributed by atoms with Crippen molar-refractivity contribution in [3.05, 3.63) is 35.9 Å². The maximum Gasteiger partial charge on any atom is 0.410 e. The Bertz CT molecular complexity index is 781. The fraction of sp³-hybridized carbons (Fsp3) is 0.667. The minimum absolute atomic E-state index is 0.171. The van der Waals surface area contributed by atoms with E-state index in [0.717, 1.165) is 5.56 Å². The fourth-order valence-corrected chi connectivity index (χ4v) is 5.89. The van der Waals surface area contributed by atoms with E-state index < -0.39 is 21.4 Å². The molecule has 168 valence electrons. The topological polar surface area (TPSA) is 90.4 Å². The third kappa shape index (κ3) is 5.94. The number of β-amino-alcohol motifs (C(OH)–C–C–N with tert-alkyl or cyclic N) is 1. The summed E-state index contributed by atoms with van der Waals surface area (Å²) in [4.78, 5) is 16.1. The molecule has 0 aromatic heterocycles. The number of carbonyl (C=O) groups is 1. The molecule has 1 amide bonds. The molecule has 3 rings (SSSR count). The van der Waals surface area contributed by atoms with Gasteiger partial charge in [0.1, 0.15) is 6.61 Å². The van der Waals surface area contributed by atoms with Gasteiger partial charge in [-0.2, -0.15) is 4.31 Å². The van der Waals surface area contributed by atoms with E-state index >= 15 is 0 Å². The maximum absolute atomic E-state index is 13.2. The van der Waals surface area contributed by atoms with Gasteiger partial charge in [-0.05, 0) is 24.8 Å². The van der Waals surface area contributed by atoms with Gasteiger partial charge in [0.2, 0.25) is 10.0 Å². The van der Waals surface area contributed by atoms with Gasteiger partial charge in [-0.25, -0.2) is 13.2 Å². The zero-order valence-electron chi connectivity index (χ0n) is 17.6. The minimum Gasteiger partial charge on any atom is -0.445 e. The molecule has 0 aliphatic carbocycles. The lowest BCUT2D eigenvalue weighted by Crippen LogP contribution is -2.55. The second-order valence-corrected chi connectivity index (χ2v) is 10.3. The number of likely N-dealkylation sites (tertiary alicyclic amines) is 1. The lowest BCUT2D eigenvalue weighted by atomic mass is 10.1. The van der Waals surface area contributed by atoms with Gasteiger partial charge in [-0.1, -0.05) is 37.3 Å². The number of piperazine rings is 1. The van der Waals surface area contributed by atoms with Gasteiger partial charge in [0.05, 0.1) is 11.4 Å². The van der Waals surface area contributed by atoms with E-state index in [-0.39, 0.29) is 19.3 Å². The molecule has 2 atom stereocenters. The predicted molar refractivity (Wildman–Crippen MR) is 114 cm³/mol. The Labute approximate surface area is 179 Å². The summed E-state index contributed by atoms with van der Waals surface area (Å²) in [6.45, 7) is 5.46. The highest BCUT2D eigenvalue weighted by Crippen LogP contribution is 2.22. The summed E-state index contributed by atoms with van der Waals surface area (Å²) in [5.41, 5.74) is 0.901. The second-order valence-electron chi connectivity index (χ2n) is 8.06. The lowest BCUT2D eigenvalue weighted by molar-refractivity contribution is 0.0863. The molecule has 30 heavy (non-hydrogen) atoms. The molecule has 0 spiro atoms. The molecule has 2 aliphatic heterocycles. The first-order valence-corrected chi connectivity index (χ1v) is 12.3. The Balaban J connectivity index is 1.52. The minimum atomic E-state index is -3.48. The molecule has 0 saturated carbocycles. The van der Waals surface area contributed by atoms with Crippen LogP contribution in [-0.4, -0.2) is 90.9 Å². The van der Waals surface area contributed by atoms with Crippen LogP contribution in [0.15, 0.2) is 30.3 Å². The van der Waals surface area contributed by atoms with E-state index in [1.165, 1.54) is 4.90 Å². The largest absolute Gasteiger partial charge is 0.445 e. The van der Waals surface area contributed by atoms with Crippen molar-refractivity contribution in [3.8, 4) is 0 Å². The number of aliphatic hydroxyl groups excluding tert-OH is 1. The van der Waals surface area contributed by atoms with Crippen LogP contribution in [0.4, 0.5) is 4.79 Å². The van der Waals surface area contributed by atoms with E-state index in [2.05, 4.69) is 4.90 Å². The van der Waals surface area contributed by atoms with Crippen molar-refractivity contribution in [2.24, 2.45) is 0 Å². The van der Waals surface area contributed by atoms with Crippen LogP contribution in [0.1, 0.15) is 31.7 Å². The summed E-state index contributed by atoms with van der Waals surface area (Å²) in [6, 6.07) is 9.44. The van der Waals surface area contributed by atoms with Crippen LogP contribution in [0.25, 0.3) is 0 Å². The number of aliphatic hydroxyl groups is 1. The number of rotatable bonds is 7. The van der Waals surface area contributed by atoms with E-state index in [9.17, 15) is 18.3 Å². The van der Waals surface area contributed by atoms with Gasteiger partial charge in [-0.3, -0.25) is 4.90 Å². The molecular weight excluding hydrogens is 406 g/mol. The lowest BCUT2D eigenvalue weighted by Gasteiger charge is -2.38. The van der Waals surface area contributed by atoms with E-state index in [0.29, 0.717) is 58.5 Å². The summed E-state index contributed by atoms with van der Waals surface area (Å²) in [5, 5.41) is 9.22. The van der Waals surface area contributed by atoms with Crippen LogP contribution in [0.5, 0.6) is 0 Å². The van der Waals surface area contributed by atoms with Gasteiger partial charge in [0.15, 0.2) is 0 Å². The third-order valence-corrected chi connectivity index (χ3v) is 8.21. The van der Waals surface area contributed by atoms with Crippen molar-refractivity contribution in [3.63, 3.8) is 0 Å². The Morgan fingerprint density at radius 3 is 2.53 bits per heavy atom. The van der Waals surface area contributed by atoms with Crippen LogP contribution in [0.3, 0.4) is 0 Å². The normalized spacial score (nSPS) is 22.6. The first-order valence-electron chi connectivity index (χ1n) is 10.7. The van der Waals surface area contributed by atoms with Gasteiger partial charge in [0, 0.05) is 45.8 Å². The molecule has 2 saturated heterocycles. The number of ether oxygens (including phenoxy) is 1. The van der Waals surface area contributed by atoms with Gasteiger partial charge in [0.25, 0.3) is 0 Å². The highest BCUT2D eigenvalue weighted by molar-refractivity contribution is 7.89. The van der Waals surface area contributed by atoms with Crippen molar-refractivity contribution in [1.29, 1.82) is 0 Å². The molecule has 0 unspecified atom stereocenters. The number of amides is 1. The average molecular weight is 440 g/mol. The molecular formula is C21H33N3O5S. The van der Waals surface area contributed by atoms with E-state index in [1.807, 2.05) is 37.3 Å². The fourth-order valence-electron chi connectivity index (χ4n) is 3.96. The summed E-state index contributed by atoms with van der Waals surface area (Å²) in [6.07, 6.45) is 1.06. The van der Waals surface area contributed by atoms with Crippen molar-refractivity contribution >= 4 is 16.1 Å². The zero-order valence-corrected chi connectivity index (χ0v) is 18.5. The molecule has 9 heteroatoms. The molecule has 1 aromatic carbocycles. The number of hydrogen-bond acceptors (Lipinski definition) is 6. The Morgan fingerprint density at radius 2 is 1.87 bits per heavy atom. The highest BCUT2D eigenvalue weighted by atomic mass is 32.2. The molecule has 2 aliphatic rings. The zero-order chi connectivity index (χ0) is 21.6. The van der Waals surface area contributed by atoms with Crippen LogP contribution < -0.4 is 0 Å². The van der Waals surface area contributed by atoms with Crippen LogP contribution >= 0.6 is 0 Å². The number of carbonyl (C=O) groups excluding carboxylic acids is 1. The molecule has 2 heterocycles. The summed E-state index contributed by atoms with van der Waals surface area (Å²) < 4.78 is 33.2. The molecule has 8 nitrogen and oxygen atoms in total. The summed E-state index contributed by atoms with van der Waals surface area (Å²) >= 11 is 0. The molecule has 0 bridgehead atoms. The van der Waals surface area contributed by atoms with Gasteiger partial charge < -0.3 is 14.7 Å². The Morgan fingerprint density at radius 1 is 1.17 bits per heavy atom.